The number of amides is 1. The first-order valence-corrected chi connectivity index (χ1v) is 9.51. The summed E-state index contributed by atoms with van der Waals surface area (Å²) < 4.78 is 17.0. The molecule has 0 saturated heterocycles. The zero-order valence-corrected chi connectivity index (χ0v) is 16.4. The van der Waals surface area contributed by atoms with Crippen molar-refractivity contribution in [1.82, 2.24) is 0 Å². The van der Waals surface area contributed by atoms with Gasteiger partial charge in [0.05, 0.1) is 30.5 Å². The van der Waals surface area contributed by atoms with Crippen molar-refractivity contribution in [3.63, 3.8) is 0 Å². The van der Waals surface area contributed by atoms with Gasteiger partial charge in [-0.1, -0.05) is 42.5 Å². The number of benzene rings is 3. The molecule has 0 fully saturated rings. The molecule has 0 bridgehead atoms. The quantitative estimate of drug-likeness (QED) is 0.644. The zero-order valence-electron chi connectivity index (χ0n) is 16.4. The summed E-state index contributed by atoms with van der Waals surface area (Å²) in [6.45, 7) is 0.173. The van der Waals surface area contributed by atoms with Crippen LogP contribution in [0.25, 0.3) is 0 Å². The molecule has 30 heavy (non-hydrogen) atoms. The summed E-state index contributed by atoms with van der Waals surface area (Å²) in [5.74, 6) is 1.27. The van der Waals surface area contributed by atoms with Crippen LogP contribution in [0.4, 0.5) is 5.69 Å². The van der Waals surface area contributed by atoms with Gasteiger partial charge in [-0.2, -0.15) is 5.26 Å². The average molecular weight is 400 g/mol. The second-order valence-electron chi connectivity index (χ2n) is 6.74. The number of nitrogens with zero attached hydrogens (tertiary/aromatic N) is 2. The summed E-state index contributed by atoms with van der Waals surface area (Å²) >= 11 is 0. The van der Waals surface area contributed by atoms with Gasteiger partial charge < -0.3 is 14.2 Å². The maximum Gasteiger partial charge on any atom is 0.265 e. The largest absolute Gasteiger partial charge is 0.493 e. The van der Waals surface area contributed by atoms with Gasteiger partial charge in [-0.05, 0) is 29.8 Å². The van der Waals surface area contributed by atoms with Gasteiger partial charge in [0.25, 0.3) is 5.91 Å². The fraction of sp³-hybridized carbons (Fsp3) is 0.167. The molecule has 0 unspecified atom stereocenters. The Hall–Kier alpha value is -3.98. The van der Waals surface area contributed by atoms with Crippen molar-refractivity contribution in [2.75, 3.05) is 25.2 Å². The van der Waals surface area contributed by atoms with E-state index in [4.69, 9.17) is 19.5 Å². The van der Waals surface area contributed by atoms with E-state index in [1.165, 1.54) is 7.11 Å². The minimum absolute atomic E-state index is 0.181. The van der Waals surface area contributed by atoms with Gasteiger partial charge in [0.1, 0.15) is 12.4 Å². The summed E-state index contributed by atoms with van der Waals surface area (Å²) in [6.07, 6.45) is 0. The molecule has 3 aromatic carbocycles. The molecule has 1 aliphatic rings. The van der Waals surface area contributed by atoms with Gasteiger partial charge >= 0.3 is 0 Å². The third-order valence-electron chi connectivity index (χ3n) is 4.93. The normalized spacial score (nSPS) is 14.8. The second kappa shape index (κ2) is 8.58. The van der Waals surface area contributed by atoms with Crippen molar-refractivity contribution < 1.29 is 19.0 Å². The molecule has 0 saturated carbocycles. The molecule has 1 amide bonds. The molecule has 0 aromatic heterocycles. The Morgan fingerprint density at radius 3 is 2.63 bits per heavy atom. The lowest BCUT2D eigenvalue weighted by Gasteiger charge is -2.37. The Kier molecular flexibility index (Phi) is 5.53. The maximum absolute atomic E-state index is 13.3. The minimum Gasteiger partial charge on any atom is -0.493 e. The summed E-state index contributed by atoms with van der Waals surface area (Å²) in [7, 11) is 1.49. The van der Waals surface area contributed by atoms with Gasteiger partial charge in [-0.25, -0.2) is 0 Å². The molecular formula is C24H20N2O4. The van der Waals surface area contributed by atoms with Crippen LogP contribution >= 0.6 is 0 Å². The summed E-state index contributed by atoms with van der Waals surface area (Å²) in [4.78, 5) is 15.0. The molecule has 1 heterocycles. The SMILES string of the molecule is COc1cc(C#N)ccc1OCC(=O)N1c2ccccc2OC[C@H]1c1ccccc1. The van der Waals surface area contributed by atoms with Gasteiger partial charge in [0, 0.05) is 6.07 Å². The summed E-state index contributed by atoms with van der Waals surface area (Å²) in [5.41, 5.74) is 2.14. The highest BCUT2D eigenvalue weighted by atomic mass is 16.5. The van der Waals surface area contributed by atoms with Gasteiger partial charge in [-0.15, -0.1) is 0 Å². The number of methoxy groups -OCH3 is 1. The summed E-state index contributed by atoms with van der Waals surface area (Å²) in [6, 6.07) is 23.9. The van der Waals surface area contributed by atoms with Crippen LogP contribution in [0.3, 0.4) is 0 Å². The number of para-hydroxylation sites is 2. The number of anilines is 1. The van der Waals surface area contributed by atoms with Crippen molar-refractivity contribution in [2.45, 2.75) is 6.04 Å². The Morgan fingerprint density at radius 2 is 1.87 bits per heavy atom. The van der Waals surface area contributed by atoms with Crippen LogP contribution < -0.4 is 19.1 Å². The van der Waals surface area contributed by atoms with Crippen molar-refractivity contribution in [3.05, 3.63) is 83.9 Å². The molecule has 6 heteroatoms. The van der Waals surface area contributed by atoms with E-state index in [0.29, 0.717) is 35.1 Å². The van der Waals surface area contributed by atoms with E-state index in [0.717, 1.165) is 5.56 Å². The van der Waals surface area contributed by atoms with E-state index in [9.17, 15) is 4.79 Å². The van der Waals surface area contributed by atoms with Crippen LogP contribution in [0, 0.1) is 11.3 Å². The van der Waals surface area contributed by atoms with Crippen LogP contribution in [0.1, 0.15) is 17.2 Å². The standard InChI is InChI=1S/C24H20N2O4/c1-28-23-13-17(14-25)11-12-22(23)30-16-24(27)26-19-9-5-6-10-21(19)29-15-20(26)18-7-3-2-4-8-18/h2-13,20H,15-16H2,1H3/t20-/m0/s1. The summed E-state index contributed by atoms with van der Waals surface area (Å²) in [5, 5.41) is 9.05. The first kappa shape index (κ1) is 19.3. The molecule has 150 valence electrons. The van der Waals surface area contributed by atoms with Gasteiger partial charge in [0.2, 0.25) is 0 Å². The van der Waals surface area contributed by atoms with E-state index in [2.05, 4.69) is 6.07 Å². The van der Waals surface area contributed by atoms with Crippen LogP contribution in [0.2, 0.25) is 0 Å². The number of fused-ring (bicyclic) bond motifs is 1. The number of nitriles is 1. The Morgan fingerprint density at radius 1 is 1.10 bits per heavy atom. The monoisotopic (exact) mass is 400 g/mol. The molecule has 3 aromatic rings. The highest BCUT2D eigenvalue weighted by molar-refractivity contribution is 5.97. The minimum atomic E-state index is -0.264. The van der Waals surface area contributed by atoms with Crippen LogP contribution in [0.5, 0.6) is 17.2 Å². The van der Waals surface area contributed by atoms with E-state index in [1.807, 2.05) is 54.6 Å². The average Bonchev–Trinajstić information content (AvgIpc) is 2.82. The number of carbonyl (C=O) groups is 1. The topological polar surface area (TPSA) is 71.8 Å². The lowest BCUT2D eigenvalue weighted by molar-refractivity contribution is -0.121. The number of ether oxygens (including phenoxy) is 3. The smallest absolute Gasteiger partial charge is 0.265 e. The van der Waals surface area contributed by atoms with Crippen molar-refractivity contribution in [1.29, 1.82) is 5.26 Å². The second-order valence-corrected chi connectivity index (χ2v) is 6.74. The Balaban J connectivity index is 1.61. The van der Waals surface area contributed by atoms with E-state index in [1.54, 1.807) is 23.1 Å². The first-order valence-electron chi connectivity index (χ1n) is 9.51. The fourth-order valence-electron chi connectivity index (χ4n) is 3.48. The molecular weight excluding hydrogens is 380 g/mol. The van der Waals surface area contributed by atoms with Gasteiger partial charge in [-0.3, -0.25) is 9.69 Å². The van der Waals surface area contributed by atoms with Crippen molar-refractivity contribution in [3.8, 4) is 23.3 Å². The van der Waals surface area contributed by atoms with Crippen LogP contribution in [0.15, 0.2) is 72.8 Å². The third-order valence-corrected chi connectivity index (χ3v) is 4.93. The van der Waals surface area contributed by atoms with Crippen molar-refractivity contribution >= 4 is 11.6 Å². The number of hydrogen-bond donors (Lipinski definition) is 0. The number of rotatable bonds is 5. The van der Waals surface area contributed by atoms with E-state index >= 15 is 0 Å². The molecule has 0 radical (unpaired) electrons. The Bertz CT molecular complexity index is 1090. The fourth-order valence-corrected chi connectivity index (χ4v) is 3.48. The molecule has 0 N–H and O–H groups in total. The first-order chi connectivity index (χ1) is 14.7. The molecule has 1 aliphatic heterocycles. The maximum atomic E-state index is 13.3. The molecule has 4 rings (SSSR count). The highest BCUT2D eigenvalue weighted by Crippen LogP contribution is 2.39. The third kappa shape index (κ3) is 3.78. The van der Waals surface area contributed by atoms with E-state index in [-0.39, 0.29) is 18.6 Å². The zero-order chi connectivity index (χ0) is 20.9. The predicted molar refractivity (Wildman–Crippen MR) is 112 cm³/mol. The number of carbonyl (C=O) groups excluding carboxylic acids is 1. The van der Waals surface area contributed by atoms with Crippen LogP contribution in [-0.2, 0) is 4.79 Å². The highest BCUT2D eigenvalue weighted by Gasteiger charge is 2.33. The molecule has 6 nitrogen and oxygen atoms in total. The lowest BCUT2D eigenvalue weighted by atomic mass is 10.0. The van der Waals surface area contributed by atoms with Crippen LogP contribution in [-0.4, -0.2) is 26.2 Å². The molecule has 0 aliphatic carbocycles. The Labute approximate surface area is 174 Å². The molecule has 0 spiro atoms. The number of hydrogen-bond acceptors (Lipinski definition) is 5. The molecule has 1 atom stereocenters. The van der Waals surface area contributed by atoms with Gasteiger partial charge in [0.15, 0.2) is 18.1 Å². The van der Waals surface area contributed by atoms with E-state index < -0.39 is 0 Å². The predicted octanol–water partition coefficient (Wildman–Crippen LogP) is 4.11. The van der Waals surface area contributed by atoms with Crippen molar-refractivity contribution in [2.24, 2.45) is 0 Å². The lowest BCUT2D eigenvalue weighted by Crippen LogP contribution is -2.43.